The molecule has 0 aromatic heterocycles. The van der Waals surface area contributed by atoms with Gasteiger partial charge in [-0.1, -0.05) is 36.9 Å². The summed E-state index contributed by atoms with van der Waals surface area (Å²) in [5.41, 5.74) is 2.34. The van der Waals surface area contributed by atoms with E-state index < -0.39 is 0 Å². The standard InChI is InChI=1S/C19H21NO2.ClH/c1-15(13-20(2)3)19(21)17-9-11-18(12-10-17)22-14-16-7-5-4-6-8-16;/h4-12H,1,13-14H2,2-3H3;1H. The number of ether oxygens (including phenoxy) is 1. The highest BCUT2D eigenvalue weighted by molar-refractivity contribution is 6.08. The number of rotatable bonds is 7. The number of hydrogen-bond acceptors (Lipinski definition) is 3. The topological polar surface area (TPSA) is 29.5 Å². The average Bonchev–Trinajstić information content (AvgIpc) is 2.53. The van der Waals surface area contributed by atoms with Gasteiger partial charge in [0.1, 0.15) is 12.4 Å². The molecule has 122 valence electrons. The Balaban J connectivity index is 0.00000264. The second-order valence-corrected chi connectivity index (χ2v) is 5.47. The van der Waals surface area contributed by atoms with Gasteiger partial charge in [0.15, 0.2) is 5.78 Å². The predicted molar refractivity (Wildman–Crippen MR) is 96.5 cm³/mol. The van der Waals surface area contributed by atoms with Crippen LogP contribution >= 0.6 is 12.4 Å². The molecule has 0 radical (unpaired) electrons. The smallest absolute Gasteiger partial charge is 0.189 e. The van der Waals surface area contributed by atoms with Crippen LogP contribution in [-0.4, -0.2) is 31.3 Å². The van der Waals surface area contributed by atoms with Crippen molar-refractivity contribution in [3.8, 4) is 5.75 Å². The normalized spacial score (nSPS) is 10.0. The fourth-order valence-electron chi connectivity index (χ4n) is 2.10. The van der Waals surface area contributed by atoms with Crippen molar-refractivity contribution in [2.24, 2.45) is 0 Å². The van der Waals surface area contributed by atoms with Gasteiger partial charge >= 0.3 is 0 Å². The summed E-state index contributed by atoms with van der Waals surface area (Å²) in [6.45, 7) is 4.92. The van der Waals surface area contributed by atoms with Crippen LogP contribution in [0.15, 0.2) is 66.7 Å². The summed E-state index contributed by atoms with van der Waals surface area (Å²) in [6.07, 6.45) is 0. The number of halogens is 1. The second-order valence-electron chi connectivity index (χ2n) is 5.47. The van der Waals surface area contributed by atoms with E-state index in [1.807, 2.05) is 61.5 Å². The fraction of sp³-hybridized carbons (Fsp3) is 0.211. The lowest BCUT2D eigenvalue weighted by atomic mass is 10.0. The van der Waals surface area contributed by atoms with Crippen LogP contribution in [0, 0.1) is 0 Å². The summed E-state index contributed by atoms with van der Waals surface area (Å²) in [5.74, 6) is 0.724. The molecule has 0 atom stereocenters. The first-order valence-corrected chi connectivity index (χ1v) is 7.20. The Labute approximate surface area is 144 Å². The lowest BCUT2D eigenvalue weighted by Crippen LogP contribution is -2.19. The summed E-state index contributed by atoms with van der Waals surface area (Å²) in [5, 5.41) is 0. The van der Waals surface area contributed by atoms with Gasteiger partial charge in [0, 0.05) is 17.7 Å². The van der Waals surface area contributed by atoms with Crippen LogP contribution in [0.2, 0.25) is 0 Å². The van der Waals surface area contributed by atoms with Crippen molar-refractivity contribution in [2.45, 2.75) is 6.61 Å². The molecule has 2 aromatic rings. The molecule has 0 fully saturated rings. The number of likely N-dealkylation sites (N-methyl/N-ethyl adjacent to an activating group) is 1. The molecule has 2 aromatic carbocycles. The monoisotopic (exact) mass is 331 g/mol. The van der Waals surface area contributed by atoms with E-state index in [1.165, 1.54) is 0 Å². The van der Waals surface area contributed by atoms with Gasteiger partial charge in [-0.3, -0.25) is 4.79 Å². The third kappa shape index (κ3) is 5.89. The van der Waals surface area contributed by atoms with Gasteiger partial charge in [0.25, 0.3) is 0 Å². The fourth-order valence-corrected chi connectivity index (χ4v) is 2.10. The van der Waals surface area contributed by atoms with E-state index in [0.29, 0.717) is 24.3 Å². The van der Waals surface area contributed by atoms with Crippen molar-refractivity contribution >= 4 is 18.2 Å². The van der Waals surface area contributed by atoms with Crippen molar-refractivity contribution in [3.63, 3.8) is 0 Å². The maximum atomic E-state index is 12.2. The minimum absolute atomic E-state index is 0. The number of carbonyl (C=O) groups is 1. The van der Waals surface area contributed by atoms with Gasteiger partial charge in [-0.05, 0) is 43.9 Å². The Morgan fingerprint density at radius 3 is 2.22 bits per heavy atom. The summed E-state index contributed by atoms with van der Waals surface area (Å²) in [4.78, 5) is 14.1. The van der Waals surface area contributed by atoms with Crippen molar-refractivity contribution in [1.29, 1.82) is 0 Å². The van der Waals surface area contributed by atoms with Gasteiger partial charge in [-0.25, -0.2) is 0 Å². The van der Waals surface area contributed by atoms with Crippen molar-refractivity contribution in [2.75, 3.05) is 20.6 Å². The van der Waals surface area contributed by atoms with Gasteiger partial charge in [-0.2, -0.15) is 0 Å². The molecule has 0 aliphatic heterocycles. The number of Topliss-reactive ketones (excluding diaryl/α,β-unsaturated/α-hetero) is 1. The molecular formula is C19H22ClNO2. The van der Waals surface area contributed by atoms with E-state index in [0.717, 1.165) is 11.3 Å². The highest BCUT2D eigenvalue weighted by Crippen LogP contribution is 2.16. The molecule has 0 unspecified atom stereocenters. The molecule has 0 heterocycles. The minimum Gasteiger partial charge on any atom is -0.489 e. The van der Waals surface area contributed by atoms with Gasteiger partial charge in [0.05, 0.1) is 0 Å². The Bertz CT molecular complexity index is 636. The number of benzene rings is 2. The van der Waals surface area contributed by atoms with Crippen LogP contribution < -0.4 is 4.74 Å². The molecule has 0 amide bonds. The van der Waals surface area contributed by atoms with E-state index in [-0.39, 0.29) is 18.2 Å². The molecule has 0 saturated carbocycles. The van der Waals surface area contributed by atoms with E-state index in [1.54, 1.807) is 12.1 Å². The predicted octanol–water partition coefficient (Wildman–Crippen LogP) is 3.99. The number of hydrogen-bond donors (Lipinski definition) is 0. The first-order valence-electron chi connectivity index (χ1n) is 7.20. The van der Waals surface area contributed by atoms with Crippen LogP contribution in [0.4, 0.5) is 0 Å². The SMILES string of the molecule is C=C(CN(C)C)C(=O)c1ccc(OCc2ccccc2)cc1.Cl. The van der Waals surface area contributed by atoms with E-state index in [2.05, 4.69) is 6.58 Å². The molecule has 0 saturated heterocycles. The molecule has 0 N–H and O–H groups in total. The quantitative estimate of drug-likeness (QED) is 0.567. The molecule has 3 nitrogen and oxygen atoms in total. The highest BCUT2D eigenvalue weighted by Gasteiger charge is 2.11. The minimum atomic E-state index is -0.0247. The number of carbonyl (C=O) groups excluding carboxylic acids is 1. The van der Waals surface area contributed by atoms with Crippen LogP contribution in [0.25, 0.3) is 0 Å². The third-order valence-corrected chi connectivity index (χ3v) is 3.19. The van der Waals surface area contributed by atoms with E-state index in [4.69, 9.17) is 4.74 Å². The van der Waals surface area contributed by atoms with Crippen LogP contribution in [-0.2, 0) is 6.61 Å². The molecule has 2 rings (SSSR count). The van der Waals surface area contributed by atoms with Gasteiger partial charge in [0.2, 0.25) is 0 Å². The van der Waals surface area contributed by atoms with Gasteiger partial charge < -0.3 is 9.64 Å². The zero-order valence-corrected chi connectivity index (χ0v) is 14.3. The Morgan fingerprint density at radius 1 is 1.04 bits per heavy atom. The summed E-state index contributed by atoms with van der Waals surface area (Å²) in [6, 6.07) is 17.2. The maximum absolute atomic E-state index is 12.2. The van der Waals surface area contributed by atoms with Crippen LogP contribution in [0.1, 0.15) is 15.9 Å². The summed E-state index contributed by atoms with van der Waals surface area (Å²) >= 11 is 0. The molecule has 0 aliphatic carbocycles. The highest BCUT2D eigenvalue weighted by atomic mass is 35.5. The van der Waals surface area contributed by atoms with Crippen LogP contribution in [0.5, 0.6) is 5.75 Å². The second kappa shape index (κ2) is 9.13. The molecule has 0 bridgehead atoms. The first-order chi connectivity index (χ1) is 10.6. The van der Waals surface area contributed by atoms with Crippen LogP contribution in [0.3, 0.4) is 0 Å². The zero-order valence-electron chi connectivity index (χ0n) is 13.5. The average molecular weight is 332 g/mol. The Hall–Kier alpha value is -2.10. The summed E-state index contributed by atoms with van der Waals surface area (Å²) < 4.78 is 5.71. The third-order valence-electron chi connectivity index (χ3n) is 3.19. The van der Waals surface area contributed by atoms with E-state index >= 15 is 0 Å². The molecule has 0 spiro atoms. The number of nitrogens with zero attached hydrogens (tertiary/aromatic N) is 1. The van der Waals surface area contributed by atoms with Crippen molar-refractivity contribution in [3.05, 3.63) is 77.9 Å². The molecule has 23 heavy (non-hydrogen) atoms. The van der Waals surface area contributed by atoms with Gasteiger partial charge in [-0.15, -0.1) is 12.4 Å². The van der Waals surface area contributed by atoms with E-state index in [9.17, 15) is 4.79 Å². The molecule has 4 heteroatoms. The first kappa shape index (κ1) is 18.9. The van der Waals surface area contributed by atoms with Crippen molar-refractivity contribution < 1.29 is 9.53 Å². The lowest BCUT2D eigenvalue weighted by Gasteiger charge is -2.11. The van der Waals surface area contributed by atoms with Crippen molar-refractivity contribution in [1.82, 2.24) is 4.90 Å². The zero-order chi connectivity index (χ0) is 15.9. The lowest BCUT2D eigenvalue weighted by molar-refractivity contribution is 0.102. The molecule has 0 aliphatic rings. The maximum Gasteiger partial charge on any atom is 0.189 e. The summed E-state index contributed by atoms with van der Waals surface area (Å²) in [7, 11) is 3.83. The Kier molecular flexibility index (Phi) is 7.52. The number of ketones is 1. The molecular weight excluding hydrogens is 310 g/mol. The largest absolute Gasteiger partial charge is 0.489 e. The Morgan fingerprint density at radius 2 is 1.65 bits per heavy atom.